The van der Waals surface area contributed by atoms with Gasteiger partial charge >= 0.3 is 0 Å². The fourth-order valence-electron chi connectivity index (χ4n) is 2.69. The van der Waals surface area contributed by atoms with Crippen LogP contribution >= 0.6 is 0 Å². The molecule has 0 aromatic heterocycles. The first-order valence-electron chi connectivity index (χ1n) is 7.40. The molecule has 112 valence electrons. The second kappa shape index (κ2) is 5.41. The molecule has 1 heterocycles. The SMILES string of the molecule is CC(=O)c1c(C2=NC(C)(C)CO2)cccc1-c1ccccc1. The molecule has 0 N–H and O–H groups in total. The maximum Gasteiger partial charge on any atom is 0.217 e. The minimum Gasteiger partial charge on any atom is -0.475 e. The Bertz CT molecular complexity index is 745. The standard InChI is InChI=1S/C19H19NO2/c1-13(21)17-15(14-8-5-4-6-9-14)10-7-11-16(17)18-20-19(2,3)12-22-18/h4-11H,12H2,1-3H3. The van der Waals surface area contributed by atoms with Crippen molar-refractivity contribution in [3.63, 3.8) is 0 Å². The van der Waals surface area contributed by atoms with E-state index in [0.29, 0.717) is 18.1 Å². The van der Waals surface area contributed by atoms with Gasteiger partial charge in [-0.1, -0.05) is 42.5 Å². The van der Waals surface area contributed by atoms with E-state index in [1.807, 2.05) is 62.4 Å². The van der Waals surface area contributed by atoms with Crippen molar-refractivity contribution in [3.05, 3.63) is 59.7 Å². The lowest BCUT2D eigenvalue weighted by atomic mass is 9.93. The summed E-state index contributed by atoms with van der Waals surface area (Å²) in [6.07, 6.45) is 0. The molecule has 3 rings (SSSR count). The van der Waals surface area contributed by atoms with E-state index in [9.17, 15) is 4.79 Å². The van der Waals surface area contributed by atoms with Crippen molar-refractivity contribution >= 4 is 11.7 Å². The Kier molecular flexibility index (Phi) is 3.57. The van der Waals surface area contributed by atoms with Crippen molar-refractivity contribution in [3.8, 4) is 11.1 Å². The molecule has 22 heavy (non-hydrogen) atoms. The topological polar surface area (TPSA) is 38.7 Å². The number of carbonyl (C=O) groups is 1. The number of nitrogens with zero attached hydrogens (tertiary/aromatic N) is 1. The van der Waals surface area contributed by atoms with Crippen LogP contribution < -0.4 is 0 Å². The van der Waals surface area contributed by atoms with Gasteiger partial charge in [-0.05, 0) is 38.0 Å². The van der Waals surface area contributed by atoms with Gasteiger partial charge in [-0.15, -0.1) is 0 Å². The maximum atomic E-state index is 12.3. The number of aliphatic imine (C=N–C) groups is 1. The van der Waals surface area contributed by atoms with Gasteiger partial charge in [0.2, 0.25) is 5.90 Å². The monoisotopic (exact) mass is 293 g/mol. The van der Waals surface area contributed by atoms with E-state index in [1.165, 1.54) is 0 Å². The summed E-state index contributed by atoms with van der Waals surface area (Å²) >= 11 is 0. The Balaban J connectivity index is 2.19. The first-order chi connectivity index (χ1) is 10.5. The van der Waals surface area contributed by atoms with Gasteiger partial charge in [0.05, 0.1) is 5.54 Å². The number of rotatable bonds is 3. The summed E-state index contributed by atoms with van der Waals surface area (Å²) in [5.74, 6) is 0.582. The molecule has 0 spiro atoms. The predicted octanol–water partition coefficient (Wildman–Crippen LogP) is 4.11. The molecule has 3 nitrogen and oxygen atoms in total. The zero-order valence-corrected chi connectivity index (χ0v) is 13.1. The number of benzene rings is 2. The molecule has 0 fully saturated rings. The fourth-order valence-corrected chi connectivity index (χ4v) is 2.69. The normalized spacial score (nSPS) is 16.0. The number of ketones is 1. The van der Waals surface area contributed by atoms with Crippen LogP contribution in [0.1, 0.15) is 36.7 Å². The third kappa shape index (κ3) is 2.67. The van der Waals surface area contributed by atoms with Crippen LogP contribution in [0.2, 0.25) is 0 Å². The van der Waals surface area contributed by atoms with Crippen LogP contribution in [-0.4, -0.2) is 23.8 Å². The Morgan fingerprint density at radius 1 is 1.05 bits per heavy atom. The van der Waals surface area contributed by atoms with Gasteiger partial charge in [0.25, 0.3) is 0 Å². The third-order valence-electron chi connectivity index (χ3n) is 3.70. The van der Waals surface area contributed by atoms with Crippen molar-refractivity contribution in [1.29, 1.82) is 0 Å². The summed E-state index contributed by atoms with van der Waals surface area (Å²) in [5, 5.41) is 0. The van der Waals surface area contributed by atoms with E-state index in [4.69, 9.17) is 4.74 Å². The Hall–Kier alpha value is -2.42. The van der Waals surface area contributed by atoms with E-state index in [0.717, 1.165) is 16.7 Å². The molecule has 0 aliphatic carbocycles. The number of carbonyl (C=O) groups excluding carboxylic acids is 1. The molecule has 0 bridgehead atoms. The maximum absolute atomic E-state index is 12.3. The van der Waals surface area contributed by atoms with Crippen LogP contribution in [0.15, 0.2) is 53.5 Å². The molecule has 0 atom stereocenters. The first kappa shape index (κ1) is 14.5. The Morgan fingerprint density at radius 2 is 1.73 bits per heavy atom. The second-order valence-electron chi connectivity index (χ2n) is 6.17. The molecule has 1 aliphatic heterocycles. The van der Waals surface area contributed by atoms with Crippen LogP contribution in [0.5, 0.6) is 0 Å². The fraction of sp³-hybridized carbons (Fsp3) is 0.263. The van der Waals surface area contributed by atoms with Crippen LogP contribution in [0, 0.1) is 0 Å². The number of hydrogen-bond donors (Lipinski definition) is 0. The van der Waals surface area contributed by atoms with Crippen molar-refractivity contribution in [2.24, 2.45) is 4.99 Å². The van der Waals surface area contributed by atoms with Gasteiger partial charge in [0.1, 0.15) is 6.61 Å². The zero-order chi connectivity index (χ0) is 15.7. The average Bonchev–Trinajstić information content (AvgIpc) is 2.87. The molecule has 2 aromatic carbocycles. The molecule has 2 aromatic rings. The van der Waals surface area contributed by atoms with Crippen LogP contribution in [0.3, 0.4) is 0 Å². The largest absolute Gasteiger partial charge is 0.475 e. The lowest BCUT2D eigenvalue weighted by molar-refractivity contribution is 0.101. The summed E-state index contributed by atoms with van der Waals surface area (Å²) in [7, 11) is 0. The highest BCUT2D eigenvalue weighted by atomic mass is 16.5. The van der Waals surface area contributed by atoms with Crippen LogP contribution in [0.25, 0.3) is 11.1 Å². The highest BCUT2D eigenvalue weighted by molar-refractivity contribution is 6.11. The molecular weight excluding hydrogens is 274 g/mol. The van der Waals surface area contributed by atoms with Crippen molar-refractivity contribution in [1.82, 2.24) is 0 Å². The zero-order valence-electron chi connectivity index (χ0n) is 13.1. The van der Waals surface area contributed by atoms with Gasteiger partial charge < -0.3 is 4.74 Å². The highest BCUT2D eigenvalue weighted by Crippen LogP contribution is 2.30. The quantitative estimate of drug-likeness (QED) is 0.799. The molecular formula is C19H19NO2. The summed E-state index contributed by atoms with van der Waals surface area (Å²) < 4.78 is 5.73. The van der Waals surface area contributed by atoms with Gasteiger partial charge in [-0.25, -0.2) is 4.99 Å². The van der Waals surface area contributed by atoms with E-state index >= 15 is 0 Å². The van der Waals surface area contributed by atoms with E-state index in [2.05, 4.69) is 4.99 Å². The first-order valence-corrected chi connectivity index (χ1v) is 7.40. The summed E-state index contributed by atoms with van der Waals surface area (Å²) in [6.45, 7) is 6.17. The molecule has 1 aliphatic rings. The second-order valence-corrected chi connectivity index (χ2v) is 6.17. The van der Waals surface area contributed by atoms with Gasteiger partial charge in [-0.3, -0.25) is 4.79 Å². The molecule has 0 saturated carbocycles. The lowest BCUT2D eigenvalue weighted by Crippen LogP contribution is -2.17. The van der Waals surface area contributed by atoms with Crippen molar-refractivity contribution in [2.75, 3.05) is 6.61 Å². The average molecular weight is 293 g/mol. The minimum absolute atomic E-state index is 0.0189. The van der Waals surface area contributed by atoms with Crippen LogP contribution in [0.4, 0.5) is 0 Å². The van der Waals surface area contributed by atoms with Crippen molar-refractivity contribution in [2.45, 2.75) is 26.3 Å². The van der Waals surface area contributed by atoms with E-state index in [1.54, 1.807) is 6.92 Å². The van der Waals surface area contributed by atoms with Gasteiger partial charge in [0.15, 0.2) is 5.78 Å². The molecule has 0 unspecified atom stereocenters. The summed E-state index contributed by atoms with van der Waals surface area (Å²) in [6, 6.07) is 15.7. The highest BCUT2D eigenvalue weighted by Gasteiger charge is 2.29. The van der Waals surface area contributed by atoms with Crippen LogP contribution in [-0.2, 0) is 4.74 Å². The van der Waals surface area contributed by atoms with E-state index < -0.39 is 0 Å². The Labute approximate surface area is 130 Å². The molecule has 0 saturated heterocycles. The molecule has 3 heteroatoms. The van der Waals surface area contributed by atoms with Gasteiger partial charge in [-0.2, -0.15) is 0 Å². The predicted molar refractivity (Wildman–Crippen MR) is 88.5 cm³/mol. The van der Waals surface area contributed by atoms with E-state index in [-0.39, 0.29) is 11.3 Å². The third-order valence-corrected chi connectivity index (χ3v) is 3.70. The summed E-state index contributed by atoms with van der Waals surface area (Å²) in [5.41, 5.74) is 3.14. The van der Waals surface area contributed by atoms with Gasteiger partial charge in [0, 0.05) is 11.1 Å². The number of Topliss-reactive ketones (excluding diaryl/α,β-unsaturated/α-hetero) is 1. The smallest absolute Gasteiger partial charge is 0.217 e. The minimum atomic E-state index is -0.244. The Morgan fingerprint density at radius 3 is 2.32 bits per heavy atom. The molecule has 0 amide bonds. The number of ether oxygens (including phenoxy) is 1. The summed E-state index contributed by atoms with van der Waals surface area (Å²) in [4.78, 5) is 16.9. The molecule has 0 radical (unpaired) electrons. The van der Waals surface area contributed by atoms with Crippen molar-refractivity contribution < 1.29 is 9.53 Å². The number of hydrogen-bond acceptors (Lipinski definition) is 3. The lowest BCUT2D eigenvalue weighted by Gasteiger charge is -2.12.